The molecule has 1 aromatic heterocycles. The Balaban J connectivity index is 0.00000121. The van der Waals surface area contributed by atoms with Crippen LogP contribution in [0.25, 0.3) is 0 Å². The summed E-state index contributed by atoms with van der Waals surface area (Å²) in [6, 6.07) is 8.41. The first-order valence-corrected chi connectivity index (χ1v) is 7.60. The van der Waals surface area contributed by atoms with Crippen molar-refractivity contribution in [3.05, 3.63) is 52.0 Å². The lowest BCUT2D eigenvalue weighted by molar-refractivity contribution is 0.197. The molecule has 0 aliphatic carbocycles. The highest BCUT2D eigenvalue weighted by molar-refractivity contribution is 7.10. The molecule has 1 saturated heterocycles. The van der Waals surface area contributed by atoms with Gasteiger partial charge in [-0.25, -0.2) is 4.39 Å². The van der Waals surface area contributed by atoms with Crippen molar-refractivity contribution in [2.75, 3.05) is 26.2 Å². The summed E-state index contributed by atoms with van der Waals surface area (Å²) in [4.78, 5) is 3.43. The Morgan fingerprint density at radius 1 is 1.18 bits per heavy atom. The molecule has 1 aromatic carbocycles. The van der Waals surface area contributed by atoms with Gasteiger partial charge in [-0.1, -0.05) is 12.1 Å². The van der Waals surface area contributed by atoms with Crippen LogP contribution in [-0.2, 0) is 0 Å². The molecule has 1 aliphatic rings. The van der Waals surface area contributed by atoms with Crippen molar-refractivity contribution >= 4 is 36.2 Å². The molecule has 0 spiro atoms. The quantitative estimate of drug-likeness (QED) is 0.875. The Labute approximate surface area is 146 Å². The van der Waals surface area contributed by atoms with Gasteiger partial charge in [0, 0.05) is 42.7 Å². The smallest absolute Gasteiger partial charge is 0.132 e. The van der Waals surface area contributed by atoms with E-state index in [4.69, 9.17) is 0 Å². The van der Waals surface area contributed by atoms with Crippen LogP contribution in [0.15, 0.2) is 35.7 Å². The summed E-state index contributed by atoms with van der Waals surface area (Å²) in [7, 11) is 0. The van der Waals surface area contributed by atoms with Crippen molar-refractivity contribution in [2.24, 2.45) is 0 Å². The maximum Gasteiger partial charge on any atom is 0.132 e. The predicted molar refractivity (Wildman–Crippen MR) is 93.2 cm³/mol. The van der Waals surface area contributed by atoms with Crippen molar-refractivity contribution in [1.29, 1.82) is 0 Å². The van der Waals surface area contributed by atoms with E-state index in [1.807, 2.05) is 17.5 Å². The van der Waals surface area contributed by atoms with Crippen LogP contribution in [0.5, 0.6) is 5.75 Å². The van der Waals surface area contributed by atoms with E-state index in [1.165, 1.54) is 6.07 Å². The van der Waals surface area contributed by atoms with E-state index in [2.05, 4.69) is 10.2 Å². The maximum atomic E-state index is 14.2. The summed E-state index contributed by atoms with van der Waals surface area (Å²) in [5.41, 5.74) is 0.632. The third kappa shape index (κ3) is 4.12. The van der Waals surface area contributed by atoms with E-state index >= 15 is 0 Å². The molecule has 122 valence electrons. The average molecular weight is 365 g/mol. The Hall–Kier alpha value is -0.850. The van der Waals surface area contributed by atoms with E-state index in [1.54, 1.807) is 23.5 Å². The van der Waals surface area contributed by atoms with Crippen molar-refractivity contribution in [3.63, 3.8) is 0 Å². The minimum atomic E-state index is -0.345. The molecule has 3 rings (SSSR count). The van der Waals surface area contributed by atoms with Crippen LogP contribution in [0, 0.1) is 5.82 Å². The highest BCUT2D eigenvalue weighted by atomic mass is 35.5. The maximum absolute atomic E-state index is 14.2. The van der Waals surface area contributed by atoms with Crippen molar-refractivity contribution in [1.82, 2.24) is 10.2 Å². The summed E-state index contributed by atoms with van der Waals surface area (Å²) in [5.74, 6) is -0.376. The Morgan fingerprint density at radius 3 is 2.50 bits per heavy atom. The first kappa shape index (κ1) is 19.2. The summed E-state index contributed by atoms with van der Waals surface area (Å²) in [6.07, 6.45) is 0. The van der Waals surface area contributed by atoms with Crippen LogP contribution in [0.4, 0.5) is 4.39 Å². The number of nitrogens with zero attached hydrogens (tertiary/aromatic N) is 1. The fourth-order valence-electron chi connectivity index (χ4n) is 2.65. The van der Waals surface area contributed by atoms with Gasteiger partial charge in [0.05, 0.1) is 6.04 Å². The number of aromatic hydroxyl groups is 1. The van der Waals surface area contributed by atoms with Crippen LogP contribution in [0.3, 0.4) is 0 Å². The fraction of sp³-hybridized carbons (Fsp3) is 0.333. The number of thiophene rings is 1. The molecule has 2 heterocycles. The van der Waals surface area contributed by atoms with Gasteiger partial charge in [0.15, 0.2) is 0 Å². The largest absolute Gasteiger partial charge is 0.508 e. The highest BCUT2D eigenvalue weighted by Crippen LogP contribution is 2.34. The molecule has 3 nitrogen and oxygen atoms in total. The van der Waals surface area contributed by atoms with E-state index < -0.39 is 0 Å². The lowest BCUT2D eigenvalue weighted by Crippen LogP contribution is -2.45. The lowest BCUT2D eigenvalue weighted by Gasteiger charge is -2.34. The lowest BCUT2D eigenvalue weighted by atomic mass is 10.0. The van der Waals surface area contributed by atoms with Gasteiger partial charge in [-0.15, -0.1) is 36.2 Å². The van der Waals surface area contributed by atoms with Crippen LogP contribution in [-0.4, -0.2) is 36.2 Å². The number of phenols is 1. The molecule has 0 saturated carbocycles. The number of nitrogens with one attached hydrogen (secondary N) is 1. The molecule has 1 aliphatic heterocycles. The van der Waals surface area contributed by atoms with E-state index in [9.17, 15) is 9.50 Å². The molecule has 0 amide bonds. The first-order valence-electron chi connectivity index (χ1n) is 6.72. The normalized spacial score (nSPS) is 16.4. The SMILES string of the molecule is Cl.Cl.Oc1ccc([C@H](c2cccs2)N2CCNCC2)c(F)c1. The molecule has 2 N–H and O–H groups in total. The van der Waals surface area contributed by atoms with Crippen LogP contribution < -0.4 is 5.32 Å². The Morgan fingerprint density at radius 2 is 1.91 bits per heavy atom. The number of phenolic OH excluding ortho intramolecular Hbond substituents is 1. The fourth-order valence-corrected chi connectivity index (χ4v) is 3.53. The summed E-state index contributed by atoms with van der Waals surface area (Å²) in [5, 5.41) is 14.7. The van der Waals surface area contributed by atoms with Crippen LogP contribution in [0.1, 0.15) is 16.5 Å². The molecule has 7 heteroatoms. The minimum Gasteiger partial charge on any atom is -0.508 e. The van der Waals surface area contributed by atoms with Gasteiger partial charge in [0.1, 0.15) is 11.6 Å². The van der Waals surface area contributed by atoms with Gasteiger partial charge in [-0.3, -0.25) is 4.90 Å². The molecule has 22 heavy (non-hydrogen) atoms. The number of hydrogen-bond acceptors (Lipinski definition) is 4. The van der Waals surface area contributed by atoms with E-state index in [-0.39, 0.29) is 42.4 Å². The zero-order valence-electron chi connectivity index (χ0n) is 11.9. The monoisotopic (exact) mass is 364 g/mol. The number of piperazine rings is 1. The third-order valence-electron chi connectivity index (χ3n) is 3.61. The average Bonchev–Trinajstić information content (AvgIpc) is 2.97. The first-order chi connectivity index (χ1) is 9.75. The predicted octanol–water partition coefficient (Wildman–Crippen LogP) is 3.43. The minimum absolute atomic E-state index is 0. The molecule has 0 radical (unpaired) electrons. The second-order valence-electron chi connectivity index (χ2n) is 4.91. The Kier molecular flexibility index (Phi) is 7.59. The number of hydrogen-bond donors (Lipinski definition) is 2. The molecule has 1 atom stereocenters. The Bertz CT molecular complexity index is 577. The van der Waals surface area contributed by atoms with Gasteiger partial charge in [0.25, 0.3) is 0 Å². The standard InChI is InChI=1S/C15H17FN2OS.2ClH/c16-13-10-11(19)3-4-12(13)15(14-2-1-9-20-14)18-7-5-17-6-8-18;;/h1-4,9-10,15,17,19H,5-8H2;2*1H/t15-;;/m1../s1. The zero-order chi connectivity index (χ0) is 13.9. The van der Waals surface area contributed by atoms with E-state index in [0.29, 0.717) is 5.56 Å². The van der Waals surface area contributed by atoms with E-state index in [0.717, 1.165) is 31.1 Å². The molecular weight excluding hydrogens is 346 g/mol. The second kappa shape index (κ2) is 8.70. The van der Waals surface area contributed by atoms with Crippen molar-refractivity contribution in [3.8, 4) is 5.75 Å². The van der Waals surface area contributed by atoms with Gasteiger partial charge in [0.2, 0.25) is 0 Å². The number of rotatable bonds is 3. The molecule has 1 fully saturated rings. The third-order valence-corrected chi connectivity index (χ3v) is 4.53. The van der Waals surface area contributed by atoms with Crippen LogP contribution in [0.2, 0.25) is 0 Å². The second-order valence-corrected chi connectivity index (χ2v) is 5.89. The van der Waals surface area contributed by atoms with Crippen molar-refractivity contribution < 1.29 is 9.50 Å². The number of benzene rings is 1. The zero-order valence-corrected chi connectivity index (χ0v) is 14.3. The molecule has 0 unspecified atom stereocenters. The summed E-state index contributed by atoms with van der Waals surface area (Å²) < 4.78 is 14.2. The van der Waals surface area contributed by atoms with Gasteiger partial charge in [-0.05, 0) is 17.5 Å². The van der Waals surface area contributed by atoms with Crippen LogP contribution >= 0.6 is 36.2 Å². The van der Waals surface area contributed by atoms with Gasteiger partial charge >= 0.3 is 0 Å². The topological polar surface area (TPSA) is 35.5 Å². The van der Waals surface area contributed by atoms with Crippen molar-refractivity contribution in [2.45, 2.75) is 6.04 Å². The van der Waals surface area contributed by atoms with Gasteiger partial charge in [-0.2, -0.15) is 0 Å². The highest BCUT2D eigenvalue weighted by Gasteiger charge is 2.27. The summed E-state index contributed by atoms with van der Waals surface area (Å²) in [6.45, 7) is 3.62. The molecule has 2 aromatic rings. The van der Waals surface area contributed by atoms with Gasteiger partial charge < -0.3 is 10.4 Å². The molecule has 0 bridgehead atoms. The summed E-state index contributed by atoms with van der Waals surface area (Å²) >= 11 is 1.64. The number of halogens is 3. The molecular formula is C15H19Cl2FN2OS.